The van der Waals surface area contributed by atoms with Crippen LogP contribution in [0, 0.1) is 0 Å². The summed E-state index contributed by atoms with van der Waals surface area (Å²) in [4.78, 5) is 7.66. The minimum Gasteiger partial charge on any atom is -0.389 e. The van der Waals surface area contributed by atoms with Gasteiger partial charge in [-0.05, 0) is 0 Å². The van der Waals surface area contributed by atoms with Crippen molar-refractivity contribution in [2.75, 3.05) is 17.2 Å². The summed E-state index contributed by atoms with van der Waals surface area (Å²) < 4.78 is 7.52. The maximum Gasteiger partial charge on any atom is 0.242 e. The number of nitrogens with zero attached hydrogens (tertiary/aromatic N) is 4. The second kappa shape index (κ2) is 4.65. The Kier molecular flexibility index (Phi) is 3.24. The smallest absolute Gasteiger partial charge is 0.242 e. The molecule has 2 aromatic rings. The number of hydrogen-bond donors (Lipinski definition) is 4. The lowest BCUT2D eigenvalue weighted by atomic mass is 10.4. The fourth-order valence-corrected chi connectivity index (χ4v) is 1.93. The third-order valence-electron chi connectivity index (χ3n) is 1.58. The molecule has 0 saturated heterocycles. The van der Waals surface area contributed by atoms with E-state index in [0.29, 0.717) is 10.3 Å². The SMILES string of the molecule is OCC(O)(Nc1ncns1)Nc1ncns1. The zero-order chi connectivity index (χ0) is 11.4. The van der Waals surface area contributed by atoms with Crippen LogP contribution in [0.3, 0.4) is 0 Å². The fourth-order valence-electron chi connectivity index (χ4n) is 0.920. The van der Waals surface area contributed by atoms with Crippen molar-refractivity contribution in [2.24, 2.45) is 0 Å². The van der Waals surface area contributed by atoms with Crippen LogP contribution < -0.4 is 10.6 Å². The van der Waals surface area contributed by atoms with E-state index < -0.39 is 12.5 Å². The predicted molar refractivity (Wildman–Crippen MR) is 59.1 cm³/mol. The average molecular weight is 260 g/mol. The zero-order valence-electron chi connectivity index (χ0n) is 7.86. The monoisotopic (exact) mass is 260 g/mol. The van der Waals surface area contributed by atoms with Crippen LogP contribution in [0.15, 0.2) is 12.7 Å². The van der Waals surface area contributed by atoms with E-state index in [1.165, 1.54) is 12.7 Å². The summed E-state index contributed by atoms with van der Waals surface area (Å²) in [5, 5.41) is 25.1. The van der Waals surface area contributed by atoms with Crippen molar-refractivity contribution in [3.8, 4) is 0 Å². The molecule has 0 aliphatic rings. The highest BCUT2D eigenvalue weighted by atomic mass is 32.1. The van der Waals surface area contributed by atoms with Gasteiger partial charge >= 0.3 is 0 Å². The first-order valence-corrected chi connectivity index (χ1v) is 5.69. The van der Waals surface area contributed by atoms with E-state index in [1.807, 2.05) is 0 Å². The molecule has 86 valence electrons. The first kappa shape index (κ1) is 11.1. The lowest BCUT2D eigenvalue weighted by Gasteiger charge is -2.26. The van der Waals surface area contributed by atoms with Gasteiger partial charge in [0.15, 0.2) is 0 Å². The Bertz CT molecular complexity index is 382. The van der Waals surface area contributed by atoms with Crippen LogP contribution in [0.1, 0.15) is 0 Å². The van der Waals surface area contributed by atoms with Crippen molar-refractivity contribution in [1.29, 1.82) is 0 Å². The molecule has 2 heterocycles. The van der Waals surface area contributed by atoms with E-state index in [-0.39, 0.29) is 0 Å². The average Bonchev–Trinajstić information content (AvgIpc) is 2.91. The van der Waals surface area contributed by atoms with Gasteiger partial charge in [-0.25, -0.2) is 9.97 Å². The third kappa shape index (κ3) is 2.61. The lowest BCUT2D eigenvalue weighted by molar-refractivity contribution is 0.0344. The Labute approximate surface area is 98.3 Å². The summed E-state index contributed by atoms with van der Waals surface area (Å²) in [6.45, 7) is -0.563. The fraction of sp³-hybridized carbons (Fsp3) is 0.333. The number of rotatable bonds is 5. The number of hydrogen-bond acceptors (Lipinski definition) is 10. The zero-order valence-corrected chi connectivity index (χ0v) is 9.49. The molecule has 0 aromatic carbocycles. The highest BCUT2D eigenvalue weighted by molar-refractivity contribution is 7.10. The molecule has 2 rings (SSSR count). The van der Waals surface area contributed by atoms with Crippen molar-refractivity contribution in [2.45, 2.75) is 5.85 Å². The second-order valence-corrected chi connectivity index (χ2v) is 4.32. The molecule has 0 spiro atoms. The Morgan fingerprint density at radius 1 is 1.12 bits per heavy atom. The summed E-state index contributed by atoms with van der Waals surface area (Å²) >= 11 is 2.12. The van der Waals surface area contributed by atoms with Crippen LogP contribution in [0.25, 0.3) is 0 Å². The highest BCUT2D eigenvalue weighted by Gasteiger charge is 2.27. The van der Waals surface area contributed by atoms with Gasteiger partial charge in [-0.3, -0.25) is 0 Å². The van der Waals surface area contributed by atoms with Gasteiger partial charge in [0, 0.05) is 23.1 Å². The second-order valence-electron chi connectivity index (χ2n) is 2.76. The molecule has 8 nitrogen and oxygen atoms in total. The number of aliphatic hydroxyl groups excluding tert-OH is 1. The molecule has 0 aliphatic heterocycles. The molecule has 0 bridgehead atoms. The Balaban J connectivity index is 2.07. The number of anilines is 2. The van der Waals surface area contributed by atoms with Crippen LogP contribution in [0.5, 0.6) is 0 Å². The first-order chi connectivity index (χ1) is 7.72. The predicted octanol–water partition coefficient (Wildman–Crippen LogP) is -0.448. The molecule has 0 atom stereocenters. The van der Waals surface area contributed by atoms with Gasteiger partial charge in [-0.2, -0.15) is 8.75 Å². The first-order valence-electron chi connectivity index (χ1n) is 4.15. The molecule has 0 amide bonds. The van der Waals surface area contributed by atoms with Gasteiger partial charge in [0.25, 0.3) is 0 Å². The summed E-state index contributed by atoms with van der Waals surface area (Å²) in [6, 6.07) is 0. The van der Waals surface area contributed by atoms with Crippen molar-refractivity contribution in [3.63, 3.8) is 0 Å². The molecule has 0 fully saturated rings. The topological polar surface area (TPSA) is 116 Å². The van der Waals surface area contributed by atoms with Gasteiger partial charge in [0.1, 0.15) is 19.3 Å². The van der Waals surface area contributed by atoms with Crippen LogP contribution in [0.2, 0.25) is 0 Å². The number of aliphatic hydroxyl groups is 2. The van der Waals surface area contributed by atoms with Crippen molar-refractivity contribution in [1.82, 2.24) is 18.7 Å². The summed E-state index contributed by atoms with van der Waals surface area (Å²) in [5.74, 6) is -1.74. The number of nitrogens with one attached hydrogen (secondary N) is 2. The van der Waals surface area contributed by atoms with Crippen LogP contribution in [-0.2, 0) is 0 Å². The molecule has 0 radical (unpaired) electrons. The maximum absolute atomic E-state index is 9.97. The third-order valence-corrected chi connectivity index (χ3v) is 2.74. The molecule has 0 aliphatic carbocycles. The van der Waals surface area contributed by atoms with E-state index in [2.05, 4.69) is 29.3 Å². The molecule has 4 N–H and O–H groups in total. The van der Waals surface area contributed by atoms with E-state index in [0.717, 1.165) is 23.1 Å². The largest absolute Gasteiger partial charge is 0.389 e. The highest BCUT2D eigenvalue weighted by Crippen LogP contribution is 2.17. The summed E-state index contributed by atoms with van der Waals surface area (Å²) in [5.41, 5.74) is 0. The molecule has 10 heteroatoms. The Morgan fingerprint density at radius 2 is 1.62 bits per heavy atom. The van der Waals surface area contributed by atoms with Crippen LogP contribution in [-0.4, -0.2) is 41.4 Å². The molecule has 0 unspecified atom stereocenters. The summed E-state index contributed by atoms with van der Waals surface area (Å²) in [6.07, 6.45) is 2.69. The van der Waals surface area contributed by atoms with Crippen molar-refractivity contribution >= 4 is 33.3 Å². The standard InChI is InChI=1S/C6H8N6O2S2/c13-1-6(14,11-4-7-2-9-15-4)12-5-8-3-10-16-5/h2-3,13-14H,1H2,(H,7,9,11)(H,8,10,12). The molecule has 16 heavy (non-hydrogen) atoms. The maximum atomic E-state index is 9.97. The molecule has 0 saturated carbocycles. The van der Waals surface area contributed by atoms with E-state index >= 15 is 0 Å². The molecule has 2 aromatic heterocycles. The van der Waals surface area contributed by atoms with Crippen molar-refractivity contribution < 1.29 is 10.2 Å². The molecular weight excluding hydrogens is 252 g/mol. The quantitative estimate of drug-likeness (QED) is 0.534. The molecular formula is C6H8N6O2S2. The number of aromatic nitrogens is 4. The van der Waals surface area contributed by atoms with Crippen LogP contribution >= 0.6 is 23.1 Å². The van der Waals surface area contributed by atoms with Crippen molar-refractivity contribution in [3.05, 3.63) is 12.7 Å². The van der Waals surface area contributed by atoms with Gasteiger partial charge in [0.2, 0.25) is 16.1 Å². The normalized spacial score (nSPS) is 11.4. The lowest BCUT2D eigenvalue weighted by Crippen LogP contribution is -2.49. The van der Waals surface area contributed by atoms with E-state index in [4.69, 9.17) is 5.11 Å². The van der Waals surface area contributed by atoms with Gasteiger partial charge in [-0.1, -0.05) is 0 Å². The Hall–Kier alpha value is -1.36. The minimum atomic E-state index is -1.74. The minimum absolute atomic E-state index is 0.383. The van der Waals surface area contributed by atoms with E-state index in [1.54, 1.807) is 0 Å². The van der Waals surface area contributed by atoms with E-state index in [9.17, 15) is 5.11 Å². The Morgan fingerprint density at radius 3 is 1.94 bits per heavy atom. The van der Waals surface area contributed by atoms with Gasteiger partial charge in [0.05, 0.1) is 0 Å². The van der Waals surface area contributed by atoms with Gasteiger partial charge in [-0.15, -0.1) is 0 Å². The van der Waals surface area contributed by atoms with Gasteiger partial charge < -0.3 is 20.8 Å². The van der Waals surface area contributed by atoms with Crippen LogP contribution in [0.4, 0.5) is 10.3 Å². The summed E-state index contributed by atoms with van der Waals surface area (Å²) in [7, 11) is 0.